The summed E-state index contributed by atoms with van der Waals surface area (Å²) in [4.78, 5) is 10.7. The van der Waals surface area contributed by atoms with Gasteiger partial charge in [-0.1, -0.05) is 20.3 Å². The van der Waals surface area contributed by atoms with Crippen LogP contribution in [0, 0.1) is 5.41 Å². The minimum absolute atomic E-state index is 0.450. The minimum atomic E-state index is 0.450. The van der Waals surface area contributed by atoms with Crippen LogP contribution in [0.15, 0.2) is 6.33 Å². The predicted molar refractivity (Wildman–Crippen MR) is 76.2 cm³/mol. The molecule has 1 aromatic heterocycles. The summed E-state index contributed by atoms with van der Waals surface area (Å²) in [5, 5.41) is 0. The van der Waals surface area contributed by atoms with Gasteiger partial charge in [-0.2, -0.15) is 0 Å². The molecule has 0 unspecified atom stereocenters. The van der Waals surface area contributed by atoms with E-state index in [1.54, 1.807) is 7.11 Å². The van der Waals surface area contributed by atoms with Crippen LogP contribution in [0.5, 0.6) is 5.75 Å². The molecule has 1 aliphatic rings. The molecule has 19 heavy (non-hydrogen) atoms. The number of piperidine rings is 1. The van der Waals surface area contributed by atoms with E-state index >= 15 is 0 Å². The van der Waals surface area contributed by atoms with Gasteiger partial charge in [-0.3, -0.25) is 0 Å². The quantitative estimate of drug-likeness (QED) is 0.638. The molecule has 6 nitrogen and oxygen atoms in total. The van der Waals surface area contributed by atoms with Crippen molar-refractivity contribution in [1.29, 1.82) is 0 Å². The topological polar surface area (TPSA) is 76.3 Å². The summed E-state index contributed by atoms with van der Waals surface area (Å²) in [6, 6.07) is 0. The number of rotatable bonds is 4. The number of nitrogens with zero attached hydrogens (tertiary/aromatic N) is 3. The summed E-state index contributed by atoms with van der Waals surface area (Å²) >= 11 is 0. The maximum Gasteiger partial charge on any atom is 0.205 e. The SMILES string of the molecule is CCC1(C)CCN(c2ncnc(NN)c2OC)CC1. The van der Waals surface area contributed by atoms with Crippen LogP contribution in [0.4, 0.5) is 11.6 Å². The summed E-state index contributed by atoms with van der Waals surface area (Å²) in [6.07, 6.45) is 5.07. The molecule has 0 bridgehead atoms. The van der Waals surface area contributed by atoms with E-state index < -0.39 is 0 Å². The second-order valence-electron chi connectivity index (χ2n) is 5.37. The Morgan fingerprint density at radius 2 is 2.11 bits per heavy atom. The normalized spacial score (nSPS) is 18.2. The monoisotopic (exact) mass is 265 g/mol. The first-order valence-corrected chi connectivity index (χ1v) is 6.74. The van der Waals surface area contributed by atoms with E-state index in [0.717, 1.165) is 18.9 Å². The van der Waals surface area contributed by atoms with Crippen LogP contribution < -0.4 is 20.9 Å². The van der Waals surface area contributed by atoms with Crippen LogP contribution in [-0.4, -0.2) is 30.2 Å². The summed E-state index contributed by atoms with van der Waals surface area (Å²) in [6.45, 7) is 6.59. The van der Waals surface area contributed by atoms with Crippen LogP contribution in [0.3, 0.4) is 0 Å². The average Bonchev–Trinajstić information content (AvgIpc) is 2.47. The summed E-state index contributed by atoms with van der Waals surface area (Å²) in [7, 11) is 1.61. The zero-order valence-electron chi connectivity index (χ0n) is 11.9. The molecule has 2 rings (SSSR count). The third kappa shape index (κ3) is 2.73. The van der Waals surface area contributed by atoms with Crippen LogP contribution in [0.25, 0.3) is 0 Å². The molecule has 0 aliphatic carbocycles. The highest BCUT2D eigenvalue weighted by Gasteiger charge is 2.30. The van der Waals surface area contributed by atoms with E-state index in [4.69, 9.17) is 10.6 Å². The number of hydrogen-bond donors (Lipinski definition) is 2. The van der Waals surface area contributed by atoms with Crippen molar-refractivity contribution >= 4 is 11.6 Å². The van der Waals surface area contributed by atoms with Crippen LogP contribution >= 0.6 is 0 Å². The molecule has 1 aromatic rings. The summed E-state index contributed by atoms with van der Waals surface area (Å²) in [5.74, 6) is 7.41. The van der Waals surface area contributed by atoms with Crippen molar-refractivity contribution in [3.8, 4) is 5.75 Å². The molecule has 0 atom stereocenters. The van der Waals surface area contributed by atoms with Gasteiger partial charge in [0.05, 0.1) is 7.11 Å². The number of methoxy groups -OCH3 is 1. The molecule has 0 radical (unpaired) electrons. The maximum atomic E-state index is 5.45. The lowest BCUT2D eigenvalue weighted by molar-refractivity contribution is 0.237. The van der Waals surface area contributed by atoms with E-state index in [9.17, 15) is 0 Å². The van der Waals surface area contributed by atoms with Crippen molar-refractivity contribution in [2.75, 3.05) is 30.5 Å². The third-order valence-electron chi connectivity index (χ3n) is 4.25. The smallest absolute Gasteiger partial charge is 0.205 e. The predicted octanol–water partition coefficient (Wildman–Crippen LogP) is 1.79. The molecule has 1 aliphatic heterocycles. The van der Waals surface area contributed by atoms with Crippen LogP contribution in [-0.2, 0) is 0 Å². The van der Waals surface area contributed by atoms with Crippen molar-refractivity contribution in [2.45, 2.75) is 33.1 Å². The van der Waals surface area contributed by atoms with Gasteiger partial charge in [0.25, 0.3) is 0 Å². The average molecular weight is 265 g/mol. The van der Waals surface area contributed by atoms with Crippen molar-refractivity contribution in [1.82, 2.24) is 9.97 Å². The zero-order chi connectivity index (χ0) is 13.9. The lowest BCUT2D eigenvalue weighted by Crippen LogP contribution is -2.39. The van der Waals surface area contributed by atoms with Gasteiger partial charge < -0.3 is 15.1 Å². The van der Waals surface area contributed by atoms with Gasteiger partial charge in [-0.15, -0.1) is 0 Å². The van der Waals surface area contributed by atoms with Gasteiger partial charge in [0.1, 0.15) is 6.33 Å². The van der Waals surface area contributed by atoms with E-state index in [1.165, 1.54) is 25.6 Å². The fourth-order valence-corrected chi connectivity index (χ4v) is 2.49. The Labute approximate surface area is 114 Å². The summed E-state index contributed by atoms with van der Waals surface area (Å²) in [5.41, 5.74) is 3.00. The number of hydrazine groups is 1. The molecule has 1 fully saturated rings. The molecular weight excluding hydrogens is 242 g/mol. The highest BCUT2D eigenvalue weighted by atomic mass is 16.5. The molecule has 3 N–H and O–H groups in total. The third-order valence-corrected chi connectivity index (χ3v) is 4.25. The standard InChI is InChI=1S/C13H23N5O/c1-4-13(2)5-7-18(8-6-13)12-10(19-3)11(17-14)15-9-16-12/h9H,4-8,14H2,1-3H3,(H,15,16,17). The second kappa shape index (κ2) is 5.61. The minimum Gasteiger partial charge on any atom is -0.490 e. The molecule has 0 saturated carbocycles. The molecule has 1 saturated heterocycles. The fraction of sp³-hybridized carbons (Fsp3) is 0.692. The van der Waals surface area contributed by atoms with Crippen LogP contribution in [0.1, 0.15) is 33.1 Å². The summed E-state index contributed by atoms with van der Waals surface area (Å²) < 4.78 is 5.39. The number of aromatic nitrogens is 2. The van der Waals surface area contributed by atoms with Gasteiger partial charge in [0.15, 0.2) is 11.6 Å². The van der Waals surface area contributed by atoms with Crippen molar-refractivity contribution in [3.63, 3.8) is 0 Å². The molecule has 0 spiro atoms. The number of nitrogens with one attached hydrogen (secondary N) is 1. The lowest BCUT2D eigenvalue weighted by atomic mass is 9.78. The van der Waals surface area contributed by atoms with Crippen LogP contribution in [0.2, 0.25) is 0 Å². The van der Waals surface area contributed by atoms with E-state index in [1.807, 2.05) is 0 Å². The molecule has 106 valence electrons. The Morgan fingerprint density at radius 1 is 1.42 bits per heavy atom. The molecule has 0 aromatic carbocycles. The number of nitrogens with two attached hydrogens (primary N) is 1. The second-order valence-corrected chi connectivity index (χ2v) is 5.37. The number of nitrogen functional groups attached to an aromatic ring is 1. The van der Waals surface area contributed by atoms with E-state index in [0.29, 0.717) is 17.0 Å². The fourth-order valence-electron chi connectivity index (χ4n) is 2.49. The maximum absolute atomic E-state index is 5.45. The molecule has 0 amide bonds. The number of ether oxygens (including phenoxy) is 1. The van der Waals surface area contributed by atoms with Gasteiger partial charge in [-0.05, 0) is 18.3 Å². The van der Waals surface area contributed by atoms with Crippen molar-refractivity contribution in [3.05, 3.63) is 6.33 Å². The van der Waals surface area contributed by atoms with Gasteiger partial charge in [0.2, 0.25) is 5.75 Å². The Balaban J connectivity index is 2.20. The molecular formula is C13H23N5O. The van der Waals surface area contributed by atoms with Crippen molar-refractivity contribution in [2.24, 2.45) is 11.3 Å². The van der Waals surface area contributed by atoms with Gasteiger partial charge in [0, 0.05) is 13.1 Å². The molecule has 2 heterocycles. The lowest BCUT2D eigenvalue weighted by Gasteiger charge is -2.39. The zero-order valence-corrected chi connectivity index (χ0v) is 11.9. The van der Waals surface area contributed by atoms with Gasteiger partial charge >= 0.3 is 0 Å². The Kier molecular flexibility index (Phi) is 4.09. The van der Waals surface area contributed by atoms with Gasteiger partial charge in [-0.25, -0.2) is 15.8 Å². The first-order chi connectivity index (χ1) is 9.13. The Bertz CT molecular complexity index is 429. The largest absolute Gasteiger partial charge is 0.490 e. The van der Waals surface area contributed by atoms with E-state index in [2.05, 4.69) is 34.1 Å². The highest BCUT2D eigenvalue weighted by Crippen LogP contribution is 2.38. The number of anilines is 2. The Hall–Kier alpha value is -1.56. The number of hydrogen-bond acceptors (Lipinski definition) is 6. The molecule has 6 heteroatoms. The first kappa shape index (κ1) is 13.9. The Morgan fingerprint density at radius 3 is 2.63 bits per heavy atom. The highest BCUT2D eigenvalue weighted by molar-refractivity contribution is 5.64. The van der Waals surface area contributed by atoms with E-state index in [-0.39, 0.29) is 0 Å². The van der Waals surface area contributed by atoms with Crippen molar-refractivity contribution < 1.29 is 4.74 Å². The first-order valence-electron chi connectivity index (χ1n) is 6.74.